The molecule has 0 saturated carbocycles. The third-order valence-corrected chi connectivity index (χ3v) is 3.77. The van der Waals surface area contributed by atoms with Crippen molar-refractivity contribution in [2.24, 2.45) is 0 Å². The number of furan rings is 1. The van der Waals surface area contributed by atoms with E-state index in [1.54, 1.807) is 6.26 Å². The minimum absolute atomic E-state index is 0.00443. The molecule has 0 aliphatic carbocycles. The Morgan fingerprint density at radius 3 is 2.55 bits per heavy atom. The van der Waals surface area contributed by atoms with Crippen molar-refractivity contribution in [2.45, 2.75) is 26.8 Å². The lowest BCUT2D eigenvalue weighted by molar-refractivity contribution is -0.120. The zero-order valence-corrected chi connectivity index (χ0v) is 12.8. The second-order valence-electron chi connectivity index (χ2n) is 5.70. The van der Waals surface area contributed by atoms with Crippen LogP contribution >= 0.6 is 0 Å². The molecule has 2 aromatic carbocycles. The summed E-state index contributed by atoms with van der Waals surface area (Å²) in [5.41, 5.74) is 5.24. The summed E-state index contributed by atoms with van der Waals surface area (Å²) in [6.07, 6.45) is 2.01. The van der Waals surface area contributed by atoms with Crippen molar-refractivity contribution in [3.8, 4) is 0 Å². The van der Waals surface area contributed by atoms with Crippen LogP contribution in [0.25, 0.3) is 11.0 Å². The van der Waals surface area contributed by atoms with E-state index in [0.29, 0.717) is 13.0 Å². The highest BCUT2D eigenvalue weighted by Crippen LogP contribution is 2.22. The van der Waals surface area contributed by atoms with Crippen molar-refractivity contribution in [3.05, 3.63) is 71.0 Å². The van der Waals surface area contributed by atoms with Crippen molar-refractivity contribution in [3.63, 3.8) is 0 Å². The maximum atomic E-state index is 12.1. The third kappa shape index (κ3) is 3.19. The Morgan fingerprint density at radius 2 is 1.77 bits per heavy atom. The van der Waals surface area contributed by atoms with Crippen LogP contribution in [0.5, 0.6) is 0 Å². The molecule has 22 heavy (non-hydrogen) atoms. The number of hydrogen-bond donors (Lipinski definition) is 1. The van der Waals surface area contributed by atoms with E-state index in [-0.39, 0.29) is 5.91 Å². The average molecular weight is 293 g/mol. The number of benzene rings is 2. The maximum absolute atomic E-state index is 12.1. The summed E-state index contributed by atoms with van der Waals surface area (Å²) in [5, 5.41) is 3.97. The van der Waals surface area contributed by atoms with Gasteiger partial charge >= 0.3 is 0 Å². The molecule has 3 rings (SSSR count). The first kappa shape index (κ1) is 14.4. The van der Waals surface area contributed by atoms with Crippen LogP contribution in [-0.4, -0.2) is 5.91 Å². The summed E-state index contributed by atoms with van der Waals surface area (Å²) >= 11 is 0. The van der Waals surface area contributed by atoms with Crippen LogP contribution in [0.2, 0.25) is 0 Å². The second-order valence-corrected chi connectivity index (χ2v) is 5.70. The molecule has 1 heterocycles. The smallest absolute Gasteiger partial charge is 0.224 e. The number of aryl methyl sites for hydroxylation is 2. The standard InChI is InChI=1S/C19H19NO2/c1-13-3-6-15(7-4-13)11-20-19(21)10-16-12-22-18-8-5-14(2)9-17(16)18/h3-9,12H,10-11H2,1-2H3,(H,20,21). The third-order valence-electron chi connectivity index (χ3n) is 3.77. The van der Waals surface area contributed by atoms with E-state index in [9.17, 15) is 4.79 Å². The van der Waals surface area contributed by atoms with Crippen LogP contribution in [0.1, 0.15) is 22.3 Å². The Labute approximate surface area is 130 Å². The number of amides is 1. The van der Waals surface area contributed by atoms with E-state index in [1.165, 1.54) is 5.56 Å². The van der Waals surface area contributed by atoms with Gasteiger partial charge in [-0.25, -0.2) is 0 Å². The van der Waals surface area contributed by atoms with Gasteiger partial charge in [0, 0.05) is 17.5 Å². The van der Waals surface area contributed by atoms with E-state index in [4.69, 9.17) is 4.42 Å². The van der Waals surface area contributed by atoms with Crippen molar-refractivity contribution in [1.82, 2.24) is 5.32 Å². The molecule has 1 aromatic heterocycles. The first-order valence-corrected chi connectivity index (χ1v) is 7.41. The van der Waals surface area contributed by atoms with E-state index in [1.807, 2.05) is 50.2 Å². The highest BCUT2D eigenvalue weighted by atomic mass is 16.3. The molecule has 0 aliphatic rings. The largest absolute Gasteiger partial charge is 0.464 e. The van der Waals surface area contributed by atoms with Crippen molar-refractivity contribution in [2.75, 3.05) is 0 Å². The monoisotopic (exact) mass is 293 g/mol. The van der Waals surface area contributed by atoms with Crippen LogP contribution in [0, 0.1) is 13.8 Å². The molecule has 1 N–H and O–H groups in total. The quantitative estimate of drug-likeness (QED) is 0.792. The summed E-state index contributed by atoms with van der Waals surface area (Å²) in [4.78, 5) is 12.1. The number of fused-ring (bicyclic) bond motifs is 1. The SMILES string of the molecule is Cc1ccc(CNC(=O)Cc2coc3ccc(C)cc23)cc1. The molecule has 0 saturated heterocycles. The molecule has 112 valence electrons. The lowest BCUT2D eigenvalue weighted by Crippen LogP contribution is -2.24. The molecular weight excluding hydrogens is 274 g/mol. The molecule has 0 bridgehead atoms. The Hall–Kier alpha value is -2.55. The Balaban J connectivity index is 1.65. The Kier molecular flexibility index (Phi) is 3.96. The molecule has 0 radical (unpaired) electrons. The van der Waals surface area contributed by atoms with Gasteiger partial charge in [-0.15, -0.1) is 0 Å². The zero-order valence-electron chi connectivity index (χ0n) is 12.8. The Bertz CT molecular complexity index is 800. The summed E-state index contributed by atoms with van der Waals surface area (Å²) in [5.74, 6) is 0.00443. The van der Waals surface area contributed by atoms with Crippen molar-refractivity contribution < 1.29 is 9.21 Å². The number of nitrogens with one attached hydrogen (secondary N) is 1. The zero-order chi connectivity index (χ0) is 15.5. The van der Waals surface area contributed by atoms with Crippen LogP contribution in [-0.2, 0) is 17.8 Å². The fraction of sp³-hybridized carbons (Fsp3) is 0.211. The predicted molar refractivity (Wildman–Crippen MR) is 87.7 cm³/mol. The molecule has 0 spiro atoms. The predicted octanol–water partition coefficient (Wildman–Crippen LogP) is 3.91. The van der Waals surface area contributed by atoms with Crippen molar-refractivity contribution in [1.29, 1.82) is 0 Å². The second kappa shape index (κ2) is 6.06. The topological polar surface area (TPSA) is 42.2 Å². The lowest BCUT2D eigenvalue weighted by Gasteiger charge is -2.05. The molecule has 0 fully saturated rings. The number of carbonyl (C=O) groups is 1. The normalized spacial score (nSPS) is 10.8. The highest BCUT2D eigenvalue weighted by molar-refractivity contribution is 5.87. The summed E-state index contributed by atoms with van der Waals surface area (Å²) in [6.45, 7) is 4.63. The fourth-order valence-corrected chi connectivity index (χ4v) is 2.47. The molecule has 1 amide bonds. The number of rotatable bonds is 4. The van der Waals surface area contributed by atoms with E-state index >= 15 is 0 Å². The van der Waals surface area contributed by atoms with Crippen molar-refractivity contribution >= 4 is 16.9 Å². The molecule has 0 atom stereocenters. The van der Waals surface area contributed by atoms with E-state index in [0.717, 1.165) is 27.7 Å². The van der Waals surface area contributed by atoms with Gasteiger partial charge in [0.25, 0.3) is 0 Å². The first-order chi connectivity index (χ1) is 10.6. The van der Waals surface area contributed by atoms with Gasteiger partial charge in [0.05, 0.1) is 12.7 Å². The molecule has 3 aromatic rings. The molecule has 0 aliphatic heterocycles. The minimum atomic E-state index is 0.00443. The van der Waals surface area contributed by atoms with Gasteiger partial charge < -0.3 is 9.73 Å². The maximum Gasteiger partial charge on any atom is 0.224 e. The van der Waals surface area contributed by atoms with Gasteiger partial charge in [0.15, 0.2) is 0 Å². The van der Waals surface area contributed by atoms with Crippen LogP contribution in [0.4, 0.5) is 0 Å². The molecule has 3 heteroatoms. The van der Waals surface area contributed by atoms with E-state index < -0.39 is 0 Å². The molecule has 0 unspecified atom stereocenters. The summed E-state index contributed by atoms with van der Waals surface area (Å²) in [7, 11) is 0. The highest BCUT2D eigenvalue weighted by Gasteiger charge is 2.10. The van der Waals surface area contributed by atoms with Crippen LogP contribution < -0.4 is 5.32 Å². The first-order valence-electron chi connectivity index (χ1n) is 7.41. The number of carbonyl (C=O) groups excluding carboxylic acids is 1. The minimum Gasteiger partial charge on any atom is -0.464 e. The Morgan fingerprint density at radius 1 is 1.05 bits per heavy atom. The van der Waals surface area contributed by atoms with E-state index in [2.05, 4.69) is 11.4 Å². The lowest BCUT2D eigenvalue weighted by atomic mass is 10.1. The fourth-order valence-electron chi connectivity index (χ4n) is 2.47. The van der Waals surface area contributed by atoms with Gasteiger partial charge in [-0.2, -0.15) is 0 Å². The van der Waals surface area contributed by atoms with Gasteiger partial charge in [-0.3, -0.25) is 4.79 Å². The van der Waals surface area contributed by atoms with Gasteiger partial charge in [0.1, 0.15) is 5.58 Å². The molecule has 3 nitrogen and oxygen atoms in total. The van der Waals surface area contributed by atoms with Gasteiger partial charge in [-0.05, 0) is 31.5 Å². The van der Waals surface area contributed by atoms with Crippen LogP contribution in [0.15, 0.2) is 53.1 Å². The van der Waals surface area contributed by atoms with Gasteiger partial charge in [-0.1, -0.05) is 41.5 Å². The van der Waals surface area contributed by atoms with Gasteiger partial charge in [0.2, 0.25) is 5.91 Å². The summed E-state index contributed by atoms with van der Waals surface area (Å²) < 4.78 is 5.50. The molecular formula is C19H19NO2. The summed E-state index contributed by atoms with van der Waals surface area (Å²) in [6, 6.07) is 14.2. The van der Waals surface area contributed by atoms with Crippen LogP contribution in [0.3, 0.4) is 0 Å². The average Bonchev–Trinajstić information content (AvgIpc) is 2.89. The number of hydrogen-bond acceptors (Lipinski definition) is 2.